The predicted octanol–water partition coefficient (Wildman–Crippen LogP) is 3.59. The van der Waals surface area contributed by atoms with Gasteiger partial charge in [-0.3, -0.25) is 4.79 Å². The van der Waals surface area contributed by atoms with E-state index in [2.05, 4.69) is 26.0 Å². The van der Waals surface area contributed by atoms with E-state index in [9.17, 15) is 18.4 Å². The monoisotopic (exact) mass is 528 g/mol. The molecule has 2 aliphatic carbocycles. The molecule has 3 aromatic rings. The third-order valence-corrected chi connectivity index (χ3v) is 7.72. The van der Waals surface area contributed by atoms with Gasteiger partial charge in [0.15, 0.2) is 11.3 Å². The summed E-state index contributed by atoms with van der Waals surface area (Å²) in [6.07, 6.45) is 7.15. The molecule has 3 aliphatic rings. The SMILES string of the molecule is O=C(NC(c1cn2ncc(CN3CCCCNC3=O)cc2n1)C1CCC(F)(F)CC1)c1nonc1C1CC1. The van der Waals surface area contributed by atoms with Crippen LogP contribution in [0.25, 0.3) is 5.65 Å². The average Bonchev–Trinajstić information content (AvgIpc) is 3.52. The molecule has 0 spiro atoms. The van der Waals surface area contributed by atoms with E-state index >= 15 is 0 Å². The summed E-state index contributed by atoms with van der Waals surface area (Å²) < 4.78 is 34.4. The Balaban J connectivity index is 1.26. The number of hydrogen-bond acceptors (Lipinski definition) is 7. The summed E-state index contributed by atoms with van der Waals surface area (Å²) in [4.78, 5) is 32.1. The van der Waals surface area contributed by atoms with Crippen LogP contribution < -0.4 is 10.6 Å². The molecule has 3 fully saturated rings. The number of carbonyl (C=O) groups is 2. The molecule has 3 aromatic heterocycles. The van der Waals surface area contributed by atoms with Gasteiger partial charge in [0.2, 0.25) is 5.92 Å². The molecule has 4 heterocycles. The lowest BCUT2D eigenvalue weighted by Gasteiger charge is -2.33. The Morgan fingerprint density at radius 2 is 2.03 bits per heavy atom. The molecular weight excluding hydrogens is 498 g/mol. The van der Waals surface area contributed by atoms with Crippen molar-refractivity contribution in [3.8, 4) is 0 Å². The van der Waals surface area contributed by atoms with Crippen LogP contribution in [-0.4, -0.2) is 60.8 Å². The van der Waals surface area contributed by atoms with Crippen molar-refractivity contribution in [3.63, 3.8) is 0 Å². The number of rotatable bonds is 7. The van der Waals surface area contributed by atoms with Gasteiger partial charge in [-0.25, -0.2) is 27.7 Å². The summed E-state index contributed by atoms with van der Waals surface area (Å²) in [6.45, 7) is 1.73. The van der Waals surface area contributed by atoms with Crippen molar-refractivity contribution in [1.82, 2.24) is 40.4 Å². The molecule has 202 valence electrons. The van der Waals surface area contributed by atoms with E-state index in [0.717, 1.165) is 31.2 Å². The molecule has 0 radical (unpaired) electrons. The lowest BCUT2D eigenvalue weighted by molar-refractivity contribution is -0.0495. The standard InChI is InChI=1S/C25H30F2N8O3/c26-25(27)7-5-17(6-8-25)20(31-23(36)22-21(16-3-4-16)32-38-33-22)18-14-35-19(30-18)11-15(12-29-35)13-34-10-2-1-9-28-24(34)37/h11-12,14,16-17,20H,1-10,13H2,(H,28,37)(H,31,36). The molecule has 2 saturated carbocycles. The molecule has 38 heavy (non-hydrogen) atoms. The van der Waals surface area contributed by atoms with E-state index in [4.69, 9.17) is 9.61 Å². The third kappa shape index (κ3) is 5.18. The largest absolute Gasteiger partial charge is 0.342 e. The van der Waals surface area contributed by atoms with Crippen LogP contribution in [0.4, 0.5) is 13.6 Å². The molecule has 1 aliphatic heterocycles. The average molecular weight is 529 g/mol. The van der Waals surface area contributed by atoms with Crippen LogP contribution in [0.15, 0.2) is 23.1 Å². The highest BCUT2D eigenvalue weighted by atomic mass is 19.3. The van der Waals surface area contributed by atoms with Crippen LogP contribution in [0, 0.1) is 5.92 Å². The molecule has 0 aromatic carbocycles. The molecule has 2 N–H and O–H groups in total. The van der Waals surface area contributed by atoms with Crippen molar-refractivity contribution in [1.29, 1.82) is 0 Å². The highest BCUT2D eigenvalue weighted by Gasteiger charge is 2.40. The van der Waals surface area contributed by atoms with Crippen molar-refractivity contribution in [2.24, 2.45) is 5.92 Å². The summed E-state index contributed by atoms with van der Waals surface area (Å²) in [5.74, 6) is -3.21. The van der Waals surface area contributed by atoms with E-state index in [-0.39, 0.29) is 49.2 Å². The molecule has 11 nitrogen and oxygen atoms in total. The smallest absolute Gasteiger partial charge is 0.317 e. The number of fused-ring (bicyclic) bond motifs is 1. The lowest BCUT2D eigenvalue weighted by atomic mass is 9.81. The second-order valence-electron chi connectivity index (χ2n) is 10.6. The fourth-order valence-electron chi connectivity index (χ4n) is 5.39. The minimum atomic E-state index is -2.70. The number of alkyl halides is 2. The molecule has 1 saturated heterocycles. The van der Waals surface area contributed by atoms with E-state index < -0.39 is 17.9 Å². The fourth-order valence-corrected chi connectivity index (χ4v) is 5.39. The normalized spacial score (nSPS) is 21.2. The van der Waals surface area contributed by atoms with Crippen molar-refractivity contribution in [3.05, 3.63) is 41.1 Å². The maximum absolute atomic E-state index is 14.0. The van der Waals surface area contributed by atoms with Crippen LogP contribution in [0.5, 0.6) is 0 Å². The molecular formula is C25H30F2N8O3. The Hall–Kier alpha value is -3.64. The molecule has 3 amide bonds. The summed E-state index contributed by atoms with van der Waals surface area (Å²) >= 11 is 0. The number of urea groups is 1. The highest BCUT2D eigenvalue weighted by molar-refractivity contribution is 5.93. The maximum Gasteiger partial charge on any atom is 0.317 e. The summed E-state index contributed by atoms with van der Waals surface area (Å²) in [5.41, 5.74) is 2.59. The van der Waals surface area contributed by atoms with Gasteiger partial charge in [0.1, 0.15) is 5.69 Å². The highest BCUT2D eigenvalue weighted by Crippen LogP contribution is 2.42. The van der Waals surface area contributed by atoms with E-state index in [1.54, 1.807) is 21.8 Å². The first kappa shape index (κ1) is 24.7. The van der Waals surface area contributed by atoms with E-state index in [1.165, 1.54) is 0 Å². The Labute approximate surface area is 217 Å². The number of halogens is 2. The Morgan fingerprint density at radius 3 is 2.82 bits per heavy atom. The summed E-state index contributed by atoms with van der Waals surface area (Å²) in [5, 5.41) is 18.1. The van der Waals surface area contributed by atoms with Gasteiger partial charge in [-0.15, -0.1) is 0 Å². The van der Waals surface area contributed by atoms with Crippen LogP contribution in [0.3, 0.4) is 0 Å². The first-order valence-corrected chi connectivity index (χ1v) is 13.2. The summed E-state index contributed by atoms with van der Waals surface area (Å²) in [6, 6.07) is 1.15. The Kier molecular flexibility index (Phi) is 6.44. The van der Waals surface area contributed by atoms with Gasteiger partial charge in [0, 0.05) is 38.4 Å². The maximum atomic E-state index is 14.0. The zero-order chi connectivity index (χ0) is 26.3. The minimum absolute atomic E-state index is 0.101. The van der Waals surface area contributed by atoms with Gasteiger partial charge < -0.3 is 15.5 Å². The first-order valence-electron chi connectivity index (χ1n) is 13.2. The first-order chi connectivity index (χ1) is 18.4. The van der Waals surface area contributed by atoms with Crippen LogP contribution in [-0.2, 0) is 6.54 Å². The zero-order valence-corrected chi connectivity index (χ0v) is 20.9. The Bertz CT molecular complexity index is 1330. The third-order valence-electron chi connectivity index (χ3n) is 7.72. The van der Waals surface area contributed by atoms with Gasteiger partial charge in [-0.2, -0.15) is 5.10 Å². The number of imidazole rings is 1. The minimum Gasteiger partial charge on any atom is -0.342 e. The van der Waals surface area contributed by atoms with E-state index in [0.29, 0.717) is 36.7 Å². The molecule has 13 heteroatoms. The van der Waals surface area contributed by atoms with E-state index in [1.807, 2.05) is 6.07 Å². The Morgan fingerprint density at radius 1 is 1.21 bits per heavy atom. The second-order valence-corrected chi connectivity index (χ2v) is 10.6. The number of aromatic nitrogens is 5. The molecule has 6 rings (SSSR count). The molecule has 0 bridgehead atoms. The van der Waals surface area contributed by atoms with Crippen LogP contribution >= 0.6 is 0 Å². The fraction of sp³-hybridized carbons (Fsp3) is 0.600. The molecule has 1 atom stereocenters. The number of amides is 3. The number of hydrogen-bond donors (Lipinski definition) is 2. The number of nitrogens with one attached hydrogen (secondary N) is 2. The van der Waals surface area contributed by atoms with Gasteiger partial charge in [-0.1, -0.05) is 5.16 Å². The van der Waals surface area contributed by atoms with Gasteiger partial charge >= 0.3 is 6.03 Å². The lowest BCUT2D eigenvalue weighted by Crippen LogP contribution is -2.37. The quantitative estimate of drug-likeness (QED) is 0.479. The van der Waals surface area contributed by atoms with Crippen LogP contribution in [0.1, 0.15) is 90.8 Å². The second kappa shape index (κ2) is 9.91. The van der Waals surface area contributed by atoms with Crippen molar-refractivity contribution in [2.45, 2.75) is 75.8 Å². The van der Waals surface area contributed by atoms with Crippen molar-refractivity contribution in [2.75, 3.05) is 13.1 Å². The number of carbonyl (C=O) groups excluding carboxylic acids is 2. The van der Waals surface area contributed by atoms with Crippen LogP contribution in [0.2, 0.25) is 0 Å². The van der Waals surface area contributed by atoms with Gasteiger partial charge in [0.05, 0.1) is 24.1 Å². The predicted molar refractivity (Wildman–Crippen MR) is 129 cm³/mol. The topological polar surface area (TPSA) is 131 Å². The van der Waals surface area contributed by atoms with Crippen molar-refractivity contribution < 1.29 is 23.0 Å². The van der Waals surface area contributed by atoms with Crippen molar-refractivity contribution >= 4 is 17.6 Å². The molecule has 1 unspecified atom stereocenters. The number of nitrogens with zero attached hydrogens (tertiary/aromatic N) is 6. The zero-order valence-electron chi connectivity index (χ0n) is 20.9. The van der Waals surface area contributed by atoms with Gasteiger partial charge in [-0.05, 0) is 61.2 Å². The summed E-state index contributed by atoms with van der Waals surface area (Å²) in [7, 11) is 0. The van der Waals surface area contributed by atoms with Gasteiger partial charge in [0.25, 0.3) is 5.91 Å².